The van der Waals surface area contributed by atoms with E-state index < -0.39 is 0 Å². The van der Waals surface area contributed by atoms with Gasteiger partial charge in [-0.05, 0) is 37.0 Å². The van der Waals surface area contributed by atoms with Gasteiger partial charge in [-0.2, -0.15) is 0 Å². The third-order valence-corrected chi connectivity index (χ3v) is 4.68. The molecule has 6 nitrogen and oxygen atoms in total. The lowest BCUT2D eigenvalue weighted by molar-refractivity contribution is 0.0160. The number of hydrogen-bond donors (Lipinski definition) is 3. The molecule has 1 unspecified atom stereocenters. The van der Waals surface area contributed by atoms with E-state index in [1.807, 2.05) is 45.0 Å². The molecule has 0 aliphatic carbocycles. The third-order valence-electron chi connectivity index (χ3n) is 4.68. The molecule has 1 rings (SSSR count). The molecule has 0 aromatic heterocycles. The van der Waals surface area contributed by atoms with Crippen LogP contribution in [0.1, 0.15) is 46.6 Å². The molecule has 28 heavy (non-hydrogen) atoms. The molecule has 0 spiro atoms. The van der Waals surface area contributed by atoms with Crippen LogP contribution in [0.3, 0.4) is 0 Å². The molecule has 0 saturated heterocycles. The van der Waals surface area contributed by atoms with Gasteiger partial charge in [0.05, 0.1) is 19.8 Å². The molecule has 1 atom stereocenters. The lowest BCUT2D eigenvalue weighted by atomic mass is 9.81. The number of aliphatic hydroxyl groups is 1. The summed E-state index contributed by atoms with van der Waals surface area (Å²) < 4.78 is 10.6. The molecule has 160 valence electrons. The maximum atomic E-state index is 10.5. The monoisotopic (exact) mass is 393 g/mol. The Hall–Kier alpha value is -1.79. The third kappa shape index (κ3) is 8.93. The molecule has 0 aliphatic rings. The highest BCUT2D eigenvalue weighted by atomic mass is 16.5. The van der Waals surface area contributed by atoms with Crippen LogP contribution in [0.5, 0.6) is 5.75 Å². The topological polar surface area (TPSA) is 75.1 Å². The molecular weight excluding hydrogens is 354 g/mol. The lowest BCUT2D eigenvalue weighted by Crippen LogP contribution is -2.47. The van der Waals surface area contributed by atoms with Gasteiger partial charge in [-0.15, -0.1) is 0 Å². The summed E-state index contributed by atoms with van der Waals surface area (Å²) in [6.07, 6.45) is 0.524. The Balaban J connectivity index is 2.70. The number of aliphatic hydroxyl groups excluding tert-OH is 1. The molecule has 1 aromatic carbocycles. The van der Waals surface area contributed by atoms with Crippen molar-refractivity contribution in [1.82, 2.24) is 10.6 Å². The highest BCUT2D eigenvalue weighted by molar-refractivity contribution is 5.79. The summed E-state index contributed by atoms with van der Waals surface area (Å²) in [5.74, 6) is 1.79. The Morgan fingerprint density at radius 3 is 2.43 bits per heavy atom. The van der Waals surface area contributed by atoms with Gasteiger partial charge in [-0.1, -0.05) is 39.8 Å². The molecule has 0 heterocycles. The number of nitrogens with one attached hydrogen (secondary N) is 2. The maximum absolute atomic E-state index is 10.5. The first-order valence-corrected chi connectivity index (χ1v) is 10.2. The molecule has 0 aliphatic heterocycles. The van der Waals surface area contributed by atoms with E-state index in [0.29, 0.717) is 13.1 Å². The van der Waals surface area contributed by atoms with Crippen LogP contribution >= 0.6 is 0 Å². The van der Waals surface area contributed by atoms with E-state index in [2.05, 4.69) is 24.5 Å². The van der Waals surface area contributed by atoms with Gasteiger partial charge in [0.1, 0.15) is 5.75 Å². The zero-order valence-corrected chi connectivity index (χ0v) is 18.4. The second-order valence-corrected chi connectivity index (χ2v) is 8.02. The van der Waals surface area contributed by atoms with Crippen molar-refractivity contribution in [3.63, 3.8) is 0 Å². The highest BCUT2D eigenvalue weighted by Crippen LogP contribution is 2.25. The van der Waals surface area contributed by atoms with Crippen molar-refractivity contribution in [2.45, 2.75) is 53.7 Å². The Kier molecular flexibility index (Phi) is 10.9. The van der Waals surface area contributed by atoms with Crippen molar-refractivity contribution in [3.8, 4) is 5.75 Å². The SMILES string of the molecule is CCOCCCNC(=NCc1ccc(OC)cc1)NCC(C)(C)C(O)C(C)C. The first-order valence-electron chi connectivity index (χ1n) is 10.2. The minimum Gasteiger partial charge on any atom is -0.497 e. The molecule has 0 saturated carbocycles. The van der Waals surface area contributed by atoms with Gasteiger partial charge in [-0.3, -0.25) is 0 Å². The predicted octanol–water partition coefficient (Wildman–Crippen LogP) is 3.20. The largest absolute Gasteiger partial charge is 0.497 e. The Morgan fingerprint density at radius 2 is 1.86 bits per heavy atom. The zero-order chi connectivity index (χ0) is 21.0. The summed E-state index contributed by atoms with van der Waals surface area (Å²) in [5.41, 5.74) is 0.847. The fourth-order valence-electron chi connectivity index (χ4n) is 2.92. The quantitative estimate of drug-likeness (QED) is 0.289. The smallest absolute Gasteiger partial charge is 0.191 e. The number of aliphatic imine (C=N–C) groups is 1. The summed E-state index contributed by atoms with van der Waals surface area (Å²) in [6.45, 7) is 13.7. The zero-order valence-electron chi connectivity index (χ0n) is 18.4. The van der Waals surface area contributed by atoms with E-state index in [1.165, 1.54) is 0 Å². The van der Waals surface area contributed by atoms with Crippen molar-refractivity contribution in [1.29, 1.82) is 0 Å². The van der Waals surface area contributed by atoms with Crippen molar-refractivity contribution in [2.24, 2.45) is 16.3 Å². The summed E-state index contributed by atoms with van der Waals surface area (Å²) in [5, 5.41) is 17.2. The maximum Gasteiger partial charge on any atom is 0.191 e. The Labute approximate surface area is 170 Å². The minimum atomic E-state index is -0.388. The van der Waals surface area contributed by atoms with E-state index in [4.69, 9.17) is 14.5 Å². The van der Waals surface area contributed by atoms with Gasteiger partial charge in [0.2, 0.25) is 0 Å². The predicted molar refractivity (Wildman–Crippen MR) is 116 cm³/mol. The van der Waals surface area contributed by atoms with Crippen molar-refractivity contribution in [2.75, 3.05) is 33.4 Å². The van der Waals surface area contributed by atoms with Gasteiger partial charge in [0, 0.05) is 31.7 Å². The van der Waals surface area contributed by atoms with Gasteiger partial charge < -0.3 is 25.2 Å². The average molecular weight is 394 g/mol. The van der Waals surface area contributed by atoms with Gasteiger partial charge in [0.25, 0.3) is 0 Å². The number of methoxy groups -OCH3 is 1. The number of hydrogen-bond acceptors (Lipinski definition) is 4. The normalized spacial score (nSPS) is 13.5. The van der Waals surface area contributed by atoms with Gasteiger partial charge in [-0.25, -0.2) is 4.99 Å². The first-order chi connectivity index (χ1) is 13.3. The van der Waals surface area contributed by atoms with Crippen LogP contribution in [-0.4, -0.2) is 50.6 Å². The molecule has 3 N–H and O–H groups in total. The van der Waals surface area contributed by atoms with E-state index in [0.717, 1.165) is 43.5 Å². The van der Waals surface area contributed by atoms with E-state index >= 15 is 0 Å². The highest BCUT2D eigenvalue weighted by Gasteiger charge is 2.30. The molecule has 0 fully saturated rings. The van der Waals surface area contributed by atoms with Crippen LogP contribution in [0, 0.1) is 11.3 Å². The number of ether oxygens (including phenoxy) is 2. The lowest BCUT2D eigenvalue weighted by Gasteiger charge is -2.33. The van der Waals surface area contributed by atoms with Crippen LogP contribution in [0.15, 0.2) is 29.3 Å². The van der Waals surface area contributed by atoms with Gasteiger partial charge >= 0.3 is 0 Å². The second kappa shape index (κ2) is 12.6. The molecule has 1 aromatic rings. The molecule has 0 bridgehead atoms. The summed E-state index contributed by atoms with van der Waals surface area (Å²) in [7, 11) is 1.66. The van der Waals surface area contributed by atoms with Crippen molar-refractivity contribution < 1.29 is 14.6 Å². The Bertz CT molecular complexity index is 571. The van der Waals surface area contributed by atoms with E-state index in [-0.39, 0.29) is 17.4 Å². The molecule has 6 heteroatoms. The van der Waals surface area contributed by atoms with Gasteiger partial charge in [0.15, 0.2) is 5.96 Å². The number of nitrogens with zero attached hydrogens (tertiary/aromatic N) is 1. The van der Waals surface area contributed by atoms with E-state index in [1.54, 1.807) is 7.11 Å². The van der Waals surface area contributed by atoms with Crippen LogP contribution in [0.4, 0.5) is 0 Å². The second-order valence-electron chi connectivity index (χ2n) is 8.02. The number of rotatable bonds is 12. The summed E-state index contributed by atoms with van der Waals surface area (Å²) in [6, 6.07) is 7.91. The van der Waals surface area contributed by atoms with Crippen LogP contribution in [0.25, 0.3) is 0 Å². The molecular formula is C22H39N3O3. The first kappa shape index (κ1) is 24.2. The fraction of sp³-hybridized carbons (Fsp3) is 0.682. The van der Waals surface area contributed by atoms with Crippen LogP contribution < -0.4 is 15.4 Å². The van der Waals surface area contributed by atoms with Crippen LogP contribution in [-0.2, 0) is 11.3 Å². The fourth-order valence-corrected chi connectivity index (χ4v) is 2.92. The summed E-state index contributed by atoms with van der Waals surface area (Å²) >= 11 is 0. The van der Waals surface area contributed by atoms with Crippen molar-refractivity contribution in [3.05, 3.63) is 29.8 Å². The number of guanidine groups is 1. The minimum absolute atomic E-state index is 0.204. The van der Waals surface area contributed by atoms with Crippen LogP contribution in [0.2, 0.25) is 0 Å². The number of benzene rings is 1. The Morgan fingerprint density at radius 1 is 1.18 bits per heavy atom. The standard InChI is InChI=1S/C22H39N3O3/c1-7-28-14-8-13-23-21(25-16-22(4,5)20(26)17(2)3)24-15-18-9-11-19(27-6)12-10-18/h9-12,17,20,26H,7-8,13-16H2,1-6H3,(H2,23,24,25). The summed E-state index contributed by atoms with van der Waals surface area (Å²) in [4.78, 5) is 4.71. The van der Waals surface area contributed by atoms with E-state index in [9.17, 15) is 5.11 Å². The molecule has 0 amide bonds. The van der Waals surface area contributed by atoms with Crippen molar-refractivity contribution >= 4 is 5.96 Å². The average Bonchev–Trinajstić information content (AvgIpc) is 2.68. The molecule has 0 radical (unpaired) electrons.